The second kappa shape index (κ2) is 5.64. The maximum absolute atomic E-state index is 12.2. The molecule has 1 rings (SSSR count). The molecule has 1 amide bonds. The molecule has 0 aliphatic carbocycles. The van der Waals surface area contributed by atoms with E-state index in [0.29, 0.717) is 12.2 Å². The molecule has 1 unspecified atom stereocenters. The Morgan fingerprint density at radius 3 is 2.53 bits per heavy atom. The topological polar surface area (TPSA) is 75.0 Å². The van der Waals surface area contributed by atoms with E-state index >= 15 is 0 Å². The third-order valence-corrected chi connectivity index (χ3v) is 3.64. The van der Waals surface area contributed by atoms with Gasteiger partial charge in [-0.25, -0.2) is 0 Å². The summed E-state index contributed by atoms with van der Waals surface area (Å²) in [4.78, 5) is 13.8. The smallest absolute Gasteiger partial charge is 0.275 e. The van der Waals surface area contributed by atoms with Gasteiger partial charge in [-0.2, -0.15) is 5.10 Å². The molecule has 96 valence electrons. The monoisotopic (exact) mass is 302 g/mol. The lowest BCUT2D eigenvalue weighted by atomic mass is 10.1. The predicted molar refractivity (Wildman–Crippen MR) is 71.0 cm³/mol. The fourth-order valence-corrected chi connectivity index (χ4v) is 2.20. The Hall–Kier alpha value is -0.880. The van der Waals surface area contributed by atoms with Gasteiger partial charge in [-0.1, -0.05) is 13.8 Å². The molecule has 0 saturated heterocycles. The van der Waals surface area contributed by atoms with Crippen LogP contribution < -0.4 is 5.73 Å². The van der Waals surface area contributed by atoms with Gasteiger partial charge in [0.1, 0.15) is 0 Å². The molecule has 6 heteroatoms. The highest BCUT2D eigenvalue weighted by Crippen LogP contribution is 2.26. The number of nitrogens with one attached hydrogen (secondary N) is 1. The van der Waals surface area contributed by atoms with Gasteiger partial charge in [-0.05, 0) is 28.8 Å². The third kappa shape index (κ3) is 2.87. The fourth-order valence-electron chi connectivity index (χ4n) is 1.39. The number of rotatable bonds is 4. The van der Waals surface area contributed by atoms with Crippen LogP contribution in [0.2, 0.25) is 0 Å². The normalized spacial score (nSPS) is 12.9. The fraction of sp³-hybridized carbons (Fsp3) is 0.636. The molecular formula is C11H19BrN4O. The first-order chi connectivity index (χ1) is 7.90. The second-order valence-corrected chi connectivity index (χ2v) is 5.25. The minimum atomic E-state index is -0.127. The van der Waals surface area contributed by atoms with Crippen LogP contribution in [0, 0.1) is 0 Å². The summed E-state index contributed by atoms with van der Waals surface area (Å²) < 4.78 is 0.744. The molecule has 0 aromatic carbocycles. The number of aromatic amines is 1. The number of carbonyl (C=O) groups excluding carboxylic acids is 1. The molecule has 0 spiro atoms. The highest BCUT2D eigenvalue weighted by Gasteiger charge is 2.24. The van der Waals surface area contributed by atoms with E-state index in [0.717, 1.165) is 10.2 Å². The summed E-state index contributed by atoms with van der Waals surface area (Å²) in [5.41, 5.74) is 6.89. The summed E-state index contributed by atoms with van der Waals surface area (Å²) in [6, 6.07) is -0.00593. The van der Waals surface area contributed by atoms with Crippen molar-refractivity contribution in [2.24, 2.45) is 5.73 Å². The predicted octanol–water partition coefficient (Wildman–Crippen LogP) is 1.71. The number of H-pyrrole nitrogens is 1. The molecule has 0 aliphatic rings. The highest BCUT2D eigenvalue weighted by atomic mass is 79.9. The minimum Gasteiger partial charge on any atom is -0.336 e. The van der Waals surface area contributed by atoms with Gasteiger partial charge in [0.15, 0.2) is 5.69 Å². The quantitative estimate of drug-likeness (QED) is 0.889. The zero-order valence-corrected chi connectivity index (χ0v) is 12.2. The van der Waals surface area contributed by atoms with Gasteiger partial charge in [0.05, 0.1) is 10.2 Å². The van der Waals surface area contributed by atoms with Crippen LogP contribution in [0.15, 0.2) is 4.47 Å². The Kier molecular flexibility index (Phi) is 4.70. The van der Waals surface area contributed by atoms with E-state index in [1.807, 2.05) is 20.8 Å². The average molecular weight is 303 g/mol. The summed E-state index contributed by atoms with van der Waals surface area (Å²) in [7, 11) is 1.73. The lowest BCUT2D eigenvalue weighted by Gasteiger charge is -2.22. The van der Waals surface area contributed by atoms with Crippen LogP contribution in [0.5, 0.6) is 0 Å². The molecule has 1 aromatic rings. The molecular weight excluding hydrogens is 284 g/mol. The SMILES string of the molecule is CC(C)c1[nH]nc(C(=O)N(C)C(C)CN)c1Br. The maximum atomic E-state index is 12.2. The van der Waals surface area contributed by atoms with Gasteiger partial charge < -0.3 is 10.6 Å². The van der Waals surface area contributed by atoms with Crippen LogP contribution >= 0.6 is 15.9 Å². The summed E-state index contributed by atoms with van der Waals surface area (Å²) in [5, 5.41) is 6.96. The highest BCUT2D eigenvalue weighted by molar-refractivity contribution is 9.10. The standard InChI is InChI=1S/C11H19BrN4O/c1-6(2)9-8(12)10(15-14-9)11(17)16(4)7(3)5-13/h6-7H,5,13H2,1-4H3,(H,14,15). The Balaban J connectivity index is 2.97. The first kappa shape index (κ1) is 14.2. The molecule has 1 heterocycles. The summed E-state index contributed by atoms with van der Waals surface area (Å²) >= 11 is 3.42. The molecule has 17 heavy (non-hydrogen) atoms. The summed E-state index contributed by atoms with van der Waals surface area (Å²) in [6.45, 7) is 6.42. The Bertz CT molecular complexity index is 402. The third-order valence-electron chi connectivity index (χ3n) is 2.84. The number of hydrogen-bond acceptors (Lipinski definition) is 3. The molecule has 0 bridgehead atoms. The minimum absolute atomic E-state index is 0.00593. The molecule has 1 atom stereocenters. The Labute approximate surface area is 110 Å². The van der Waals surface area contributed by atoms with Gasteiger partial charge >= 0.3 is 0 Å². The number of hydrogen-bond donors (Lipinski definition) is 2. The van der Waals surface area contributed by atoms with Crippen LogP contribution in [0.3, 0.4) is 0 Å². The maximum Gasteiger partial charge on any atom is 0.275 e. The van der Waals surface area contributed by atoms with Crippen LogP contribution in [-0.2, 0) is 0 Å². The number of nitrogens with zero attached hydrogens (tertiary/aromatic N) is 2. The van der Waals surface area contributed by atoms with Crippen molar-refractivity contribution in [3.8, 4) is 0 Å². The van der Waals surface area contributed by atoms with Crippen LogP contribution in [-0.4, -0.2) is 40.6 Å². The van der Waals surface area contributed by atoms with Crippen LogP contribution in [0.1, 0.15) is 42.9 Å². The second-order valence-electron chi connectivity index (χ2n) is 4.46. The molecule has 1 aromatic heterocycles. The van der Waals surface area contributed by atoms with E-state index < -0.39 is 0 Å². The average Bonchev–Trinajstić information content (AvgIpc) is 2.68. The van der Waals surface area contributed by atoms with Crippen molar-refractivity contribution in [3.63, 3.8) is 0 Å². The Morgan fingerprint density at radius 2 is 2.12 bits per heavy atom. The number of nitrogens with two attached hydrogens (primary N) is 1. The summed E-state index contributed by atoms with van der Waals surface area (Å²) in [6.07, 6.45) is 0. The molecule has 0 fully saturated rings. The van der Waals surface area contributed by atoms with Crippen molar-refractivity contribution >= 4 is 21.8 Å². The van der Waals surface area contributed by atoms with Crippen molar-refractivity contribution in [1.29, 1.82) is 0 Å². The van der Waals surface area contributed by atoms with Crippen molar-refractivity contribution in [3.05, 3.63) is 15.9 Å². The van der Waals surface area contributed by atoms with Crippen LogP contribution in [0.4, 0.5) is 0 Å². The largest absolute Gasteiger partial charge is 0.336 e. The number of likely N-dealkylation sites (N-methyl/N-ethyl adjacent to an activating group) is 1. The zero-order chi connectivity index (χ0) is 13.2. The van der Waals surface area contributed by atoms with Gasteiger partial charge in [0.2, 0.25) is 0 Å². The number of aromatic nitrogens is 2. The molecule has 0 saturated carbocycles. The lowest BCUT2D eigenvalue weighted by Crippen LogP contribution is -2.40. The van der Waals surface area contributed by atoms with E-state index in [9.17, 15) is 4.79 Å². The van der Waals surface area contributed by atoms with Crippen molar-refractivity contribution < 1.29 is 4.79 Å². The Morgan fingerprint density at radius 1 is 1.53 bits per heavy atom. The van der Waals surface area contributed by atoms with Crippen molar-refractivity contribution in [1.82, 2.24) is 15.1 Å². The van der Waals surface area contributed by atoms with Gasteiger partial charge in [0.25, 0.3) is 5.91 Å². The van der Waals surface area contributed by atoms with Gasteiger partial charge in [-0.15, -0.1) is 0 Å². The van der Waals surface area contributed by atoms with E-state index in [1.54, 1.807) is 11.9 Å². The summed E-state index contributed by atoms with van der Waals surface area (Å²) in [5.74, 6) is 0.161. The van der Waals surface area contributed by atoms with Crippen molar-refractivity contribution in [2.45, 2.75) is 32.7 Å². The molecule has 5 nitrogen and oxygen atoms in total. The number of amides is 1. The van der Waals surface area contributed by atoms with E-state index in [-0.39, 0.29) is 17.9 Å². The molecule has 0 aliphatic heterocycles. The van der Waals surface area contributed by atoms with Gasteiger partial charge in [0, 0.05) is 19.6 Å². The molecule has 3 N–H and O–H groups in total. The van der Waals surface area contributed by atoms with E-state index in [2.05, 4.69) is 26.1 Å². The molecule has 0 radical (unpaired) electrons. The van der Waals surface area contributed by atoms with Crippen LogP contribution in [0.25, 0.3) is 0 Å². The van der Waals surface area contributed by atoms with E-state index in [1.165, 1.54) is 0 Å². The zero-order valence-electron chi connectivity index (χ0n) is 10.6. The van der Waals surface area contributed by atoms with Crippen molar-refractivity contribution in [2.75, 3.05) is 13.6 Å². The number of carbonyl (C=O) groups is 1. The first-order valence-corrected chi connectivity index (χ1v) is 6.40. The first-order valence-electron chi connectivity index (χ1n) is 5.61. The van der Waals surface area contributed by atoms with E-state index in [4.69, 9.17) is 5.73 Å². The lowest BCUT2D eigenvalue weighted by molar-refractivity contribution is 0.0741. The number of halogens is 1. The van der Waals surface area contributed by atoms with Gasteiger partial charge in [-0.3, -0.25) is 9.89 Å².